The summed E-state index contributed by atoms with van der Waals surface area (Å²) in [5.74, 6) is 0.292. The number of ether oxygens (including phenoxy) is 2. The van der Waals surface area contributed by atoms with Gasteiger partial charge in [-0.15, -0.1) is 18.3 Å². The summed E-state index contributed by atoms with van der Waals surface area (Å²) < 4.78 is 46.0. The first-order chi connectivity index (χ1) is 13.4. The Hall–Kier alpha value is -3.01. The number of thioether (sulfide) groups is 1. The third-order valence-electron chi connectivity index (χ3n) is 3.44. The Labute approximate surface area is 162 Å². The van der Waals surface area contributed by atoms with Crippen molar-refractivity contribution in [1.82, 2.24) is 5.32 Å². The van der Waals surface area contributed by atoms with E-state index < -0.39 is 6.36 Å². The maximum absolute atomic E-state index is 12.2. The maximum atomic E-state index is 12.2. The Morgan fingerprint density at radius 1 is 1.11 bits per heavy atom. The van der Waals surface area contributed by atoms with Crippen molar-refractivity contribution in [3.05, 3.63) is 59.7 Å². The molecule has 0 atom stereocenters. The Bertz CT molecular complexity index is 899. The second-order valence-corrected chi connectivity index (χ2v) is 6.46. The van der Waals surface area contributed by atoms with Crippen molar-refractivity contribution in [3.63, 3.8) is 0 Å². The first kappa shape index (κ1) is 19.7. The Morgan fingerprint density at radius 2 is 1.82 bits per heavy atom. The molecule has 2 aromatic rings. The fourth-order valence-electron chi connectivity index (χ4n) is 2.21. The Balaban J connectivity index is 1.61. The number of rotatable bonds is 6. The van der Waals surface area contributed by atoms with Crippen molar-refractivity contribution < 1.29 is 27.4 Å². The van der Waals surface area contributed by atoms with Crippen LogP contribution >= 0.6 is 11.8 Å². The summed E-state index contributed by atoms with van der Waals surface area (Å²) in [5.41, 5.74) is 1.57. The molecule has 0 bridgehead atoms. The number of carbonyl (C=O) groups excluding carboxylic acids is 1. The van der Waals surface area contributed by atoms with Crippen LogP contribution in [0, 0.1) is 0 Å². The van der Waals surface area contributed by atoms with E-state index in [1.165, 1.54) is 42.2 Å². The van der Waals surface area contributed by atoms with Gasteiger partial charge in [0.05, 0.1) is 12.0 Å². The van der Waals surface area contributed by atoms with Crippen molar-refractivity contribution in [3.8, 4) is 11.5 Å². The normalized spacial score (nSPS) is 15.8. The van der Waals surface area contributed by atoms with E-state index in [9.17, 15) is 18.0 Å². The lowest BCUT2D eigenvalue weighted by Crippen LogP contribution is -2.19. The lowest BCUT2D eigenvalue weighted by Gasteiger charge is -2.11. The highest BCUT2D eigenvalue weighted by Crippen LogP contribution is 2.25. The van der Waals surface area contributed by atoms with Gasteiger partial charge in [-0.2, -0.15) is 5.10 Å². The van der Waals surface area contributed by atoms with Gasteiger partial charge in [0.15, 0.2) is 5.17 Å². The van der Waals surface area contributed by atoms with Gasteiger partial charge in [0.1, 0.15) is 18.1 Å². The molecule has 146 valence electrons. The second kappa shape index (κ2) is 8.79. The van der Waals surface area contributed by atoms with Gasteiger partial charge in [-0.1, -0.05) is 36.0 Å². The minimum absolute atomic E-state index is 0.112. The topological polar surface area (TPSA) is 72.3 Å². The van der Waals surface area contributed by atoms with Crippen molar-refractivity contribution >= 4 is 29.1 Å². The van der Waals surface area contributed by atoms with E-state index in [2.05, 4.69) is 20.3 Å². The SMILES string of the molecule is O=C1CSC(=NN=Cc2ccccc2COc2ccc(OC(F)(F)F)cc2)N1. The summed E-state index contributed by atoms with van der Waals surface area (Å²) in [6, 6.07) is 12.5. The minimum atomic E-state index is -4.73. The predicted molar refractivity (Wildman–Crippen MR) is 99.5 cm³/mol. The molecule has 0 spiro atoms. The number of alkyl halides is 3. The van der Waals surface area contributed by atoms with E-state index in [0.717, 1.165) is 11.1 Å². The van der Waals surface area contributed by atoms with Crippen LogP contribution < -0.4 is 14.8 Å². The molecule has 1 heterocycles. The van der Waals surface area contributed by atoms with Gasteiger partial charge in [-0.3, -0.25) is 4.79 Å². The molecule has 1 N–H and O–H groups in total. The monoisotopic (exact) mass is 409 g/mol. The number of nitrogens with one attached hydrogen (secondary N) is 1. The third kappa shape index (κ3) is 6.02. The molecular formula is C18H14F3N3O3S. The molecule has 1 aliphatic heterocycles. The van der Waals surface area contributed by atoms with Crippen molar-refractivity contribution in [2.45, 2.75) is 13.0 Å². The van der Waals surface area contributed by atoms with Crippen molar-refractivity contribution in [2.75, 3.05) is 5.75 Å². The highest BCUT2D eigenvalue weighted by atomic mass is 32.2. The molecule has 2 aromatic carbocycles. The molecule has 1 aliphatic rings. The molecule has 6 nitrogen and oxygen atoms in total. The minimum Gasteiger partial charge on any atom is -0.489 e. The first-order valence-corrected chi connectivity index (χ1v) is 8.98. The van der Waals surface area contributed by atoms with Crippen LogP contribution in [0.1, 0.15) is 11.1 Å². The molecule has 0 unspecified atom stereocenters. The number of hydrogen-bond donors (Lipinski definition) is 1. The lowest BCUT2D eigenvalue weighted by molar-refractivity contribution is -0.274. The largest absolute Gasteiger partial charge is 0.573 e. The van der Waals surface area contributed by atoms with Gasteiger partial charge in [0.25, 0.3) is 0 Å². The molecule has 1 fully saturated rings. The summed E-state index contributed by atoms with van der Waals surface area (Å²) >= 11 is 1.27. The summed E-state index contributed by atoms with van der Waals surface area (Å²) in [6.45, 7) is 0.184. The van der Waals surface area contributed by atoms with Crippen LogP contribution in [0.4, 0.5) is 13.2 Å². The number of amidine groups is 1. The van der Waals surface area contributed by atoms with Gasteiger partial charge >= 0.3 is 6.36 Å². The smallest absolute Gasteiger partial charge is 0.489 e. The highest BCUT2D eigenvalue weighted by Gasteiger charge is 2.30. The molecule has 0 aliphatic carbocycles. The number of amides is 1. The summed E-state index contributed by atoms with van der Waals surface area (Å²) in [5, 5.41) is 10.9. The van der Waals surface area contributed by atoms with E-state index in [4.69, 9.17) is 4.74 Å². The molecular weight excluding hydrogens is 395 g/mol. The highest BCUT2D eigenvalue weighted by molar-refractivity contribution is 8.15. The summed E-state index contributed by atoms with van der Waals surface area (Å²) in [7, 11) is 0. The Morgan fingerprint density at radius 3 is 2.50 bits per heavy atom. The quantitative estimate of drug-likeness (QED) is 0.583. The molecule has 3 rings (SSSR count). The molecule has 0 radical (unpaired) electrons. The van der Waals surface area contributed by atoms with Crippen LogP contribution in [0.15, 0.2) is 58.7 Å². The average Bonchev–Trinajstić information content (AvgIpc) is 3.06. The number of nitrogens with zero attached hydrogens (tertiary/aromatic N) is 2. The Kier molecular flexibility index (Phi) is 6.19. The fraction of sp³-hybridized carbons (Fsp3) is 0.167. The number of benzene rings is 2. The fourth-order valence-corrected chi connectivity index (χ4v) is 2.84. The molecule has 1 amide bonds. The van der Waals surface area contributed by atoms with Crippen LogP contribution in [0.5, 0.6) is 11.5 Å². The van der Waals surface area contributed by atoms with Gasteiger partial charge in [-0.25, -0.2) is 0 Å². The zero-order chi connectivity index (χ0) is 20.0. The molecule has 28 heavy (non-hydrogen) atoms. The van der Waals surface area contributed by atoms with Gasteiger partial charge in [0.2, 0.25) is 5.91 Å². The lowest BCUT2D eigenvalue weighted by atomic mass is 10.1. The average molecular weight is 409 g/mol. The van der Waals surface area contributed by atoms with Crippen LogP contribution in [0.2, 0.25) is 0 Å². The second-order valence-electron chi connectivity index (χ2n) is 5.49. The van der Waals surface area contributed by atoms with Crippen molar-refractivity contribution in [1.29, 1.82) is 0 Å². The molecule has 1 saturated heterocycles. The summed E-state index contributed by atoms with van der Waals surface area (Å²) in [6.07, 6.45) is -3.19. The summed E-state index contributed by atoms with van der Waals surface area (Å²) in [4.78, 5) is 11.1. The zero-order valence-corrected chi connectivity index (χ0v) is 15.1. The van der Waals surface area contributed by atoms with E-state index in [-0.39, 0.29) is 18.3 Å². The standard InChI is InChI=1S/C18H14F3N3O3S/c19-18(20,21)27-15-7-5-14(6-8-15)26-10-13-4-2-1-3-12(13)9-22-24-17-23-16(25)11-28-17/h1-9H,10-11H2,(H,23,24,25). The number of carbonyl (C=O) groups is 1. The van der Waals surface area contributed by atoms with Crippen LogP contribution in [0.25, 0.3) is 0 Å². The molecule has 10 heteroatoms. The van der Waals surface area contributed by atoms with Crippen molar-refractivity contribution in [2.24, 2.45) is 10.2 Å². The van der Waals surface area contributed by atoms with Crippen LogP contribution in [-0.2, 0) is 11.4 Å². The van der Waals surface area contributed by atoms with E-state index in [1.807, 2.05) is 24.3 Å². The maximum Gasteiger partial charge on any atom is 0.573 e. The number of halogens is 3. The third-order valence-corrected chi connectivity index (χ3v) is 4.30. The van der Waals surface area contributed by atoms with Gasteiger partial charge in [-0.05, 0) is 29.8 Å². The van der Waals surface area contributed by atoms with Gasteiger partial charge < -0.3 is 14.8 Å². The zero-order valence-electron chi connectivity index (χ0n) is 14.3. The predicted octanol–water partition coefficient (Wildman–Crippen LogP) is 3.72. The van der Waals surface area contributed by atoms with Gasteiger partial charge in [0, 0.05) is 5.56 Å². The molecule has 0 saturated carbocycles. The van der Waals surface area contributed by atoms with Crippen LogP contribution in [-0.4, -0.2) is 29.4 Å². The van der Waals surface area contributed by atoms with E-state index in [0.29, 0.717) is 16.7 Å². The first-order valence-electron chi connectivity index (χ1n) is 7.99. The van der Waals surface area contributed by atoms with E-state index >= 15 is 0 Å². The number of hydrogen-bond acceptors (Lipinski definition) is 6. The van der Waals surface area contributed by atoms with Crippen LogP contribution in [0.3, 0.4) is 0 Å². The van der Waals surface area contributed by atoms with E-state index in [1.54, 1.807) is 0 Å². The molecule has 0 aromatic heterocycles.